The first-order valence-corrected chi connectivity index (χ1v) is 10.2. The topological polar surface area (TPSA) is 49.4 Å². The second kappa shape index (κ2) is 8.62. The molecule has 6 heteroatoms. The van der Waals surface area contributed by atoms with Gasteiger partial charge in [-0.05, 0) is 56.6 Å². The number of nitrogens with one attached hydrogen (secondary N) is 1. The van der Waals surface area contributed by atoms with Gasteiger partial charge in [-0.1, -0.05) is 36.2 Å². The second-order valence-corrected chi connectivity index (χ2v) is 8.48. The fraction of sp³-hybridized carbons (Fsp3) is 0.600. The van der Waals surface area contributed by atoms with Gasteiger partial charge in [-0.25, -0.2) is 0 Å². The average Bonchev–Trinajstić information content (AvgIpc) is 2.64. The van der Waals surface area contributed by atoms with Crippen LogP contribution in [0.25, 0.3) is 0 Å². The van der Waals surface area contributed by atoms with Crippen LogP contribution in [0, 0.1) is 17.8 Å². The third-order valence-electron chi connectivity index (χ3n) is 5.63. The van der Waals surface area contributed by atoms with Crippen LogP contribution >= 0.6 is 23.2 Å². The number of anilines is 1. The Kier molecular flexibility index (Phi) is 6.46. The van der Waals surface area contributed by atoms with Crippen molar-refractivity contribution in [2.24, 2.45) is 17.8 Å². The van der Waals surface area contributed by atoms with Crippen LogP contribution in [0.15, 0.2) is 18.2 Å². The lowest BCUT2D eigenvalue weighted by Crippen LogP contribution is -2.43. The maximum atomic E-state index is 12.7. The highest BCUT2D eigenvalue weighted by Crippen LogP contribution is 2.34. The van der Waals surface area contributed by atoms with Crippen molar-refractivity contribution in [2.75, 3.05) is 18.4 Å². The van der Waals surface area contributed by atoms with E-state index in [9.17, 15) is 9.59 Å². The molecular formula is C20H26Cl2N2O2. The summed E-state index contributed by atoms with van der Waals surface area (Å²) in [6.45, 7) is 3.97. The van der Waals surface area contributed by atoms with Gasteiger partial charge in [-0.2, -0.15) is 0 Å². The van der Waals surface area contributed by atoms with Gasteiger partial charge in [0, 0.05) is 24.9 Å². The van der Waals surface area contributed by atoms with Gasteiger partial charge in [0.2, 0.25) is 11.8 Å². The summed E-state index contributed by atoms with van der Waals surface area (Å²) in [6.07, 6.45) is 5.32. The molecule has 0 radical (unpaired) electrons. The molecule has 4 nitrogen and oxygen atoms in total. The van der Waals surface area contributed by atoms with Crippen LogP contribution in [0.5, 0.6) is 0 Å². The molecule has 1 heterocycles. The number of amides is 2. The standard InChI is InChI=1S/C20H26Cl2N2O2/c1-13-4-3-11-24(12-13)20(26)15-9-7-14(8-10-15)19(25)23-18-16(21)5-2-6-17(18)22/h2,5-6,13-15H,3-4,7-12H2,1H3,(H,23,25). The lowest BCUT2D eigenvalue weighted by Gasteiger charge is -2.35. The fourth-order valence-electron chi connectivity index (χ4n) is 4.09. The van der Waals surface area contributed by atoms with Gasteiger partial charge in [0.05, 0.1) is 15.7 Å². The summed E-state index contributed by atoms with van der Waals surface area (Å²) in [4.78, 5) is 27.3. The molecule has 2 fully saturated rings. The molecule has 26 heavy (non-hydrogen) atoms. The van der Waals surface area contributed by atoms with E-state index in [1.807, 2.05) is 4.90 Å². The van der Waals surface area contributed by atoms with Crippen molar-refractivity contribution in [3.05, 3.63) is 28.2 Å². The predicted molar refractivity (Wildman–Crippen MR) is 106 cm³/mol. The zero-order valence-electron chi connectivity index (χ0n) is 15.1. The number of para-hydroxylation sites is 1. The van der Waals surface area contributed by atoms with Crippen molar-refractivity contribution in [2.45, 2.75) is 45.4 Å². The Hall–Kier alpha value is -1.26. The Balaban J connectivity index is 1.53. The highest BCUT2D eigenvalue weighted by atomic mass is 35.5. The van der Waals surface area contributed by atoms with Crippen molar-refractivity contribution >= 4 is 40.7 Å². The minimum atomic E-state index is -0.0910. The molecule has 1 atom stereocenters. The highest BCUT2D eigenvalue weighted by molar-refractivity contribution is 6.39. The molecular weight excluding hydrogens is 371 g/mol. The van der Waals surface area contributed by atoms with Crippen LogP contribution in [-0.4, -0.2) is 29.8 Å². The lowest BCUT2D eigenvalue weighted by molar-refractivity contribution is -0.139. The van der Waals surface area contributed by atoms with E-state index in [1.165, 1.54) is 6.42 Å². The molecule has 1 aliphatic heterocycles. The summed E-state index contributed by atoms with van der Waals surface area (Å²) in [7, 11) is 0. The van der Waals surface area contributed by atoms with Crippen molar-refractivity contribution in [1.82, 2.24) is 4.90 Å². The smallest absolute Gasteiger partial charge is 0.227 e. The molecule has 0 aromatic heterocycles. The SMILES string of the molecule is CC1CCCN(C(=O)C2CCC(C(=O)Nc3c(Cl)cccc3Cl)CC2)C1. The molecule has 1 unspecified atom stereocenters. The number of hydrogen-bond acceptors (Lipinski definition) is 2. The van der Waals surface area contributed by atoms with Crippen molar-refractivity contribution in [3.8, 4) is 0 Å². The average molecular weight is 397 g/mol. The molecule has 2 aliphatic rings. The van der Waals surface area contributed by atoms with Crippen LogP contribution in [0.3, 0.4) is 0 Å². The van der Waals surface area contributed by atoms with Crippen LogP contribution in [-0.2, 0) is 9.59 Å². The third-order valence-corrected chi connectivity index (χ3v) is 6.26. The molecule has 1 aromatic rings. The number of piperidine rings is 1. The Morgan fingerprint density at radius 2 is 1.65 bits per heavy atom. The van der Waals surface area contributed by atoms with E-state index >= 15 is 0 Å². The summed E-state index contributed by atoms with van der Waals surface area (Å²) in [5, 5.41) is 3.74. The maximum Gasteiger partial charge on any atom is 0.227 e. The van der Waals surface area contributed by atoms with Crippen molar-refractivity contribution in [3.63, 3.8) is 0 Å². The lowest BCUT2D eigenvalue weighted by atomic mass is 9.80. The van der Waals surface area contributed by atoms with Crippen molar-refractivity contribution < 1.29 is 9.59 Å². The minimum Gasteiger partial charge on any atom is -0.342 e. The number of nitrogens with zero attached hydrogens (tertiary/aromatic N) is 1. The number of carbonyl (C=O) groups excluding carboxylic acids is 2. The molecule has 1 saturated carbocycles. The first-order valence-electron chi connectivity index (χ1n) is 9.49. The molecule has 1 N–H and O–H groups in total. The van der Waals surface area contributed by atoms with E-state index < -0.39 is 0 Å². The van der Waals surface area contributed by atoms with Gasteiger partial charge in [0.1, 0.15) is 0 Å². The largest absolute Gasteiger partial charge is 0.342 e. The first kappa shape index (κ1) is 19.5. The normalized spacial score (nSPS) is 26.4. The van der Waals surface area contributed by atoms with E-state index in [4.69, 9.17) is 23.2 Å². The summed E-state index contributed by atoms with van der Waals surface area (Å²) in [5.41, 5.74) is 0.473. The third kappa shape index (κ3) is 4.52. The predicted octanol–water partition coefficient (Wildman–Crippen LogP) is 5.00. The van der Waals surface area contributed by atoms with E-state index in [-0.39, 0.29) is 23.7 Å². The monoisotopic (exact) mass is 396 g/mol. The summed E-state index contributed by atoms with van der Waals surface area (Å²) < 4.78 is 0. The number of benzene rings is 1. The van der Waals surface area contributed by atoms with Gasteiger partial charge in [0.25, 0.3) is 0 Å². The van der Waals surface area contributed by atoms with Crippen LogP contribution in [0.4, 0.5) is 5.69 Å². The van der Waals surface area contributed by atoms with Gasteiger partial charge in [-0.3, -0.25) is 9.59 Å². The van der Waals surface area contributed by atoms with Gasteiger partial charge in [0.15, 0.2) is 0 Å². The van der Waals surface area contributed by atoms with Crippen LogP contribution in [0.2, 0.25) is 10.0 Å². The number of halogens is 2. The fourth-order valence-corrected chi connectivity index (χ4v) is 4.58. The van der Waals surface area contributed by atoms with Crippen LogP contribution < -0.4 is 5.32 Å². The minimum absolute atomic E-state index is 0.0579. The number of likely N-dealkylation sites (tertiary alicyclic amines) is 1. The zero-order chi connectivity index (χ0) is 18.7. The molecule has 0 spiro atoms. The Morgan fingerprint density at radius 3 is 2.27 bits per heavy atom. The molecule has 0 bridgehead atoms. The van der Waals surface area contributed by atoms with E-state index in [2.05, 4.69) is 12.2 Å². The second-order valence-electron chi connectivity index (χ2n) is 7.67. The zero-order valence-corrected chi connectivity index (χ0v) is 16.7. The molecule has 3 rings (SSSR count). The van der Waals surface area contributed by atoms with Gasteiger partial charge in [-0.15, -0.1) is 0 Å². The number of rotatable bonds is 3. The van der Waals surface area contributed by atoms with Gasteiger partial charge < -0.3 is 10.2 Å². The molecule has 142 valence electrons. The quantitative estimate of drug-likeness (QED) is 0.781. The maximum absolute atomic E-state index is 12.7. The molecule has 1 saturated heterocycles. The Labute approximate surface area is 165 Å². The molecule has 1 aliphatic carbocycles. The number of hydrogen-bond donors (Lipinski definition) is 1. The molecule has 1 aromatic carbocycles. The first-order chi connectivity index (χ1) is 12.5. The summed E-state index contributed by atoms with van der Waals surface area (Å²) in [5.74, 6) is 0.789. The van der Waals surface area contributed by atoms with Gasteiger partial charge >= 0.3 is 0 Å². The highest BCUT2D eigenvalue weighted by Gasteiger charge is 2.33. The van der Waals surface area contributed by atoms with Crippen molar-refractivity contribution in [1.29, 1.82) is 0 Å². The summed E-state index contributed by atoms with van der Waals surface area (Å²) >= 11 is 12.3. The Morgan fingerprint density at radius 1 is 1.04 bits per heavy atom. The van der Waals surface area contributed by atoms with E-state index in [0.717, 1.165) is 45.2 Å². The molecule has 2 amide bonds. The van der Waals surface area contributed by atoms with E-state index in [1.54, 1.807) is 18.2 Å². The van der Waals surface area contributed by atoms with E-state index in [0.29, 0.717) is 21.7 Å². The summed E-state index contributed by atoms with van der Waals surface area (Å²) in [6, 6.07) is 5.16. The van der Waals surface area contributed by atoms with Crippen LogP contribution in [0.1, 0.15) is 45.4 Å². The number of carbonyl (C=O) groups is 2. The Bertz CT molecular complexity index is 652.